The number of hydrogen-bond acceptors (Lipinski definition) is 2. The summed E-state index contributed by atoms with van der Waals surface area (Å²) in [5, 5.41) is 0. The molecule has 2 atom stereocenters. The number of hydrogen-bond donors (Lipinski definition) is 1. The van der Waals surface area contributed by atoms with Crippen LogP contribution in [-0.2, 0) is 4.79 Å². The van der Waals surface area contributed by atoms with Crippen molar-refractivity contribution >= 4 is 5.91 Å². The smallest absolute Gasteiger partial charge is 0.218 e. The summed E-state index contributed by atoms with van der Waals surface area (Å²) in [7, 11) is 0. The SMILES string of the molecule is NC(=O)CCN1CCC2CCCC21. The van der Waals surface area contributed by atoms with Crippen LogP contribution in [0.5, 0.6) is 0 Å². The van der Waals surface area contributed by atoms with E-state index in [4.69, 9.17) is 5.73 Å². The second kappa shape index (κ2) is 3.66. The molecule has 1 aliphatic heterocycles. The topological polar surface area (TPSA) is 46.3 Å². The molecule has 0 spiro atoms. The lowest BCUT2D eigenvalue weighted by Crippen LogP contribution is -2.33. The van der Waals surface area contributed by atoms with Crippen LogP contribution in [0, 0.1) is 5.92 Å². The molecule has 2 aliphatic rings. The van der Waals surface area contributed by atoms with Crippen LogP contribution in [-0.4, -0.2) is 29.9 Å². The highest BCUT2D eigenvalue weighted by molar-refractivity contribution is 5.73. The maximum atomic E-state index is 10.6. The van der Waals surface area contributed by atoms with Crippen LogP contribution in [0.2, 0.25) is 0 Å². The largest absolute Gasteiger partial charge is 0.370 e. The van der Waals surface area contributed by atoms with E-state index >= 15 is 0 Å². The van der Waals surface area contributed by atoms with Crippen molar-refractivity contribution in [1.29, 1.82) is 0 Å². The number of carbonyl (C=O) groups excluding carboxylic acids is 1. The van der Waals surface area contributed by atoms with Gasteiger partial charge in [-0.1, -0.05) is 6.42 Å². The van der Waals surface area contributed by atoms with Crippen molar-refractivity contribution in [2.45, 2.75) is 38.1 Å². The first-order chi connectivity index (χ1) is 6.27. The number of primary amides is 1. The molecule has 0 bridgehead atoms. The van der Waals surface area contributed by atoms with Crippen LogP contribution >= 0.6 is 0 Å². The van der Waals surface area contributed by atoms with Gasteiger partial charge in [-0.3, -0.25) is 9.69 Å². The minimum Gasteiger partial charge on any atom is -0.370 e. The van der Waals surface area contributed by atoms with Crippen molar-refractivity contribution in [2.24, 2.45) is 11.7 Å². The molecule has 3 nitrogen and oxygen atoms in total. The Morgan fingerprint density at radius 2 is 2.23 bits per heavy atom. The van der Waals surface area contributed by atoms with E-state index in [1.54, 1.807) is 0 Å². The number of carbonyl (C=O) groups is 1. The number of nitrogens with two attached hydrogens (primary N) is 1. The van der Waals surface area contributed by atoms with E-state index in [2.05, 4.69) is 4.90 Å². The molecule has 3 heteroatoms. The molecule has 2 unspecified atom stereocenters. The van der Waals surface area contributed by atoms with Crippen molar-refractivity contribution in [3.8, 4) is 0 Å². The molecule has 0 aromatic heterocycles. The van der Waals surface area contributed by atoms with Crippen LogP contribution in [0.15, 0.2) is 0 Å². The Labute approximate surface area is 79.3 Å². The summed E-state index contributed by atoms with van der Waals surface area (Å²) >= 11 is 0. The fraction of sp³-hybridized carbons (Fsp3) is 0.900. The third-order valence-corrected chi connectivity index (χ3v) is 3.52. The van der Waals surface area contributed by atoms with Gasteiger partial charge in [0.15, 0.2) is 0 Å². The highest BCUT2D eigenvalue weighted by Gasteiger charge is 2.36. The summed E-state index contributed by atoms with van der Waals surface area (Å²) < 4.78 is 0. The maximum Gasteiger partial charge on any atom is 0.218 e. The molecule has 13 heavy (non-hydrogen) atoms. The zero-order valence-electron chi connectivity index (χ0n) is 8.04. The Balaban J connectivity index is 1.83. The Hall–Kier alpha value is -0.570. The van der Waals surface area contributed by atoms with Crippen LogP contribution < -0.4 is 5.73 Å². The van der Waals surface area contributed by atoms with Crippen LogP contribution in [0.1, 0.15) is 32.1 Å². The van der Waals surface area contributed by atoms with Crippen LogP contribution in [0.4, 0.5) is 0 Å². The number of rotatable bonds is 3. The van der Waals surface area contributed by atoms with Crippen molar-refractivity contribution < 1.29 is 4.79 Å². The Morgan fingerprint density at radius 3 is 3.00 bits per heavy atom. The molecule has 0 aromatic rings. The first-order valence-electron chi connectivity index (χ1n) is 5.30. The lowest BCUT2D eigenvalue weighted by Gasteiger charge is -2.22. The Bertz CT molecular complexity index is 205. The third-order valence-electron chi connectivity index (χ3n) is 3.52. The van der Waals surface area contributed by atoms with Gasteiger partial charge in [-0.15, -0.1) is 0 Å². The van der Waals surface area contributed by atoms with Gasteiger partial charge in [0, 0.05) is 19.0 Å². The van der Waals surface area contributed by atoms with Gasteiger partial charge in [0.2, 0.25) is 5.91 Å². The summed E-state index contributed by atoms with van der Waals surface area (Å²) in [6.07, 6.45) is 5.98. The van der Waals surface area contributed by atoms with E-state index in [0.29, 0.717) is 6.42 Å². The van der Waals surface area contributed by atoms with E-state index in [0.717, 1.165) is 18.5 Å². The second-order valence-electron chi connectivity index (χ2n) is 4.30. The molecular formula is C10H18N2O. The highest BCUT2D eigenvalue weighted by atomic mass is 16.1. The number of nitrogens with zero attached hydrogens (tertiary/aromatic N) is 1. The molecule has 2 rings (SSSR count). The first kappa shape index (κ1) is 9.00. The first-order valence-corrected chi connectivity index (χ1v) is 5.30. The molecule has 1 aliphatic carbocycles. The van der Waals surface area contributed by atoms with E-state index in [1.807, 2.05) is 0 Å². The van der Waals surface area contributed by atoms with Crippen molar-refractivity contribution in [3.63, 3.8) is 0 Å². The zero-order chi connectivity index (χ0) is 9.26. The second-order valence-corrected chi connectivity index (χ2v) is 4.30. The molecule has 1 amide bonds. The average Bonchev–Trinajstić information content (AvgIpc) is 2.60. The minimum absolute atomic E-state index is 0.165. The average molecular weight is 182 g/mol. The molecule has 2 N–H and O–H groups in total. The number of amides is 1. The third kappa shape index (κ3) is 1.85. The summed E-state index contributed by atoms with van der Waals surface area (Å²) in [5.74, 6) is 0.759. The number of fused-ring (bicyclic) bond motifs is 1. The normalized spacial score (nSPS) is 33.5. The predicted octanol–water partition coefficient (Wildman–Crippen LogP) is 0.736. The minimum atomic E-state index is -0.165. The molecule has 1 heterocycles. The van der Waals surface area contributed by atoms with Gasteiger partial charge in [-0.25, -0.2) is 0 Å². The lowest BCUT2D eigenvalue weighted by molar-refractivity contribution is -0.118. The van der Waals surface area contributed by atoms with Gasteiger partial charge in [0.25, 0.3) is 0 Å². The Morgan fingerprint density at radius 1 is 1.38 bits per heavy atom. The fourth-order valence-corrected chi connectivity index (χ4v) is 2.86. The highest BCUT2D eigenvalue weighted by Crippen LogP contribution is 2.37. The molecule has 1 saturated heterocycles. The molecule has 1 saturated carbocycles. The van der Waals surface area contributed by atoms with Crippen LogP contribution in [0.25, 0.3) is 0 Å². The summed E-state index contributed by atoms with van der Waals surface area (Å²) in [6.45, 7) is 2.07. The van der Waals surface area contributed by atoms with E-state index in [-0.39, 0.29) is 5.91 Å². The van der Waals surface area contributed by atoms with Gasteiger partial charge in [0.1, 0.15) is 0 Å². The zero-order valence-corrected chi connectivity index (χ0v) is 8.04. The quantitative estimate of drug-likeness (QED) is 0.699. The van der Waals surface area contributed by atoms with Crippen molar-refractivity contribution in [1.82, 2.24) is 4.90 Å². The van der Waals surface area contributed by atoms with Crippen molar-refractivity contribution in [3.05, 3.63) is 0 Å². The van der Waals surface area contributed by atoms with Crippen LogP contribution in [0.3, 0.4) is 0 Å². The molecule has 0 aromatic carbocycles. The summed E-state index contributed by atoms with van der Waals surface area (Å²) in [6, 6.07) is 0.777. The van der Waals surface area contributed by atoms with Gasteiger partial charge in [-0.2, -0.15) is 0 Å². The maximum absolute atomic E-state index is 10.6. The molecule has 0 radical (unpaired) electrons. The molecule has 74 valence electrons. The summed E-state index contributed by atoms with van der Waals surface area (Å²) in [5.41, 5.74) is 5.14. The van der Waals surface area contributed by atoms with Gasteiger partial charge >= 0.3 is 0 Å². The lowest BCUT2D eigenvalue weighted by atomic mass is 10.0. The summed E-state index contributed by atoms with van der Waals surface area (Å²) in [4.78, 5) is 13.1. The van der Waals surface area contributed by atoms with E-state index < -0.39 is 0 Å². The Kier molecular flexibility index (Phi) is 2.54. The number of likely N-dealkylation sites (tertiary alicyclic amines) is 1. The standard InChI is InChI=1S/C10H18N2O/c11-10(13)5-7-12-6-4-8-2-1-3-9(8)12/h8-9H,1-7H2,(H2,11,13). The van der Waals surface area contributed by atoms with Gasteiger partial charge in [0.05, 0.1) is 0 Å². The van der Waals surface area contributed by atoms with Crippen molar-refractivity contribution in [2.75, 3.05) is 13.1 Å². The van der Waals surface area contributed by atoms with E-state index in [1.165, 1.54) is 32.2 Å². The van der Waals surface area contributed by atoms with Gasteiger partial charge in [-0.05, 0) is 31.7 Å². The molecule has 2 fully saturated rings. The monoisotopic (exact) mass is 182 g/mol. The van der Waals surface area contributed by atoms with E-state index in [9.17, 15) is 4.79 Å². The predicted molar refractivity (Wildman–Crippen MR) is 51.1 cm³/mol. The van der Waals surface area contributed by atoms with Gasteiger partial charge < -0.3 is 5.73 Å². The fourth-order valence-electron chi connectivity index (χ4n) is 2.86. The molecular weight excluding hydrogens is 164 g/mol.